The summed E-state index contributed by atoms with van der Waals surface area (Å²) < 4.78 is 7.53. The molecule has 2 heterocycles. The van der Waals surface area contributed by atoms with E-state index in [1.54, 1.807) is 4.68 Å². The highest BCUT2D eigenvalue weighted by atomic mass is 16.5. The number of hydrogen-bond donors (Lipinski definition) is 1. The van der Waals surface area contributed by atoms with E-state index in [1.165, 1.54) is 0 Å². The maximum atomic E-state index is 12.2. The Morgan fingerprint density at radius 1 is 1.40 bits per heavy atom. The predicted molar refractivity (Wildman–Crippen MR) is 98.0 cm³/mol. The average Bonchev–Trinajstić information content (AvgIpc) is 2.82. The lowest BCUT2D eigenvalue weighted by atomic mass is 9.85. The van der Waals surface area contributed by atoms with Gasteiger partial charge in [-0.05, 0) is 39.6 Å². The number of aromatic nitrogens is 2. The van der Waals surface area contributed by atoms with E-state index in [0.29, 0.717) is 13.0 Å². The van der Waals surface area contributed by atoms with Crippen LogP contribution in [0.5, 0.6) is 5.75 Å². The van der Waals surface area contributed by atoms with Gasteiger partial charge in [0.1, 0.15) is 11.6 Å². The van der Waals surface area contributed by atoms with Crippen LogP contribution in [0.4, 0.5) is 5.82 Å². The molecule has 0 bridgehead atoms. The number of ether oxygens (including phenoxy) is 1. The van der Waals surface area contributed by atoms with E-state index in [4.69, 9.17) is 4.74 Å². The van der Waals surface area contributed by atoms with E-state index in [2.05, 4.69) is 27.4 Å². The maximum Gasteiger partial charge on any atom is 0.226 e. The van der Waals surface area contributed by atoms with E-state index in [1.807, 2.05) is 41.1 Å². The van der Waals surface area contributed by atoms with Crippen LogP contribution in [-0.4, -0.2) is 41.3 Å². The van der Waals surface area contributed by atoms with E-state index in [9.17, 15) is 4.79 Å². The largest absolute Gasteiger partial charge is 0.494 e. The number of anilines is 1. The molecule has 0 saturated heterocycles. The molecule has 25 heavy (non-hydrogen) atoms. The van der Waals surface area contributed by atoms with Crippen LogP contribution in [0.15, 0.2) is 18.2 Å². The van der Waals surface area contributed by atoms with Crippen LogP contribution in [0, 0.1) is 6.92 Å². The zero-order chi connectivity index (χ0) is 18.1. The van der Waals surface area contributed by atoms with E-state index in [-0.39, 0.29) is 11.8 Å². The van der Waals surface area contributed by atoms with Crippen molar-refractivity contribution in [2.24, 2.45) is 7.05 Å². The predicted octanol–water partition coefficient (Wildman–Crippen LogP) is 2.66. The van der Waals surface area contributed by atoms with Gasteiger partial charge in [0.15, 0.2) is 0 Å². The van der Waals surface area contributed by atoms with Gasteiger partial charge in [0.25, 0.3) is 0 Å². The molecule has 1 aliphatic rings. The first-order valence-corrected chi connectivity index (χ1v) is 8.64. The third kappa shape index (κ3) is 3.39. The van der Waals surface area contributed by atoms with Gasteiger partial charge in [0.05, 0.1) is 12.3 Å². The SMILES string of the molecule is CCOc1ccc(C2CC(=O)Nc3c2c(C)nn3C)cc1CN(C)C. The van der Waals surface area contributed by atoms with Gasteiger partial charge in [-0.2, -0.15) is 5.10 Å². The van der Waals surface area contributed by atoms with E-state index in [0.717, 1.165) is 40.5 Å². The number of hydrogen-bond acceptors (Lipinski definition) is 4. The first-order chi connectivity index (χ1) is 11.9. The van der Waals surface area contributed by atoms with Crippen LogP contribution < -0.4 is 10.1 Å². The van der Waals surface area contributed by atoms with Gasteiger partial charge in [0.2, 0.25) is 5.91 Å². The zero-order valence-electron chi connectivity index (χ0n) is 15.6. The second-order valence-electron chi connectivity index (χ2n) is 6.81. The highest BCUT2D eigenvalue weighted by molar-refractivity contribution is 5.94. The van der Waals surface area contributed by atoms with Crippen LogP contribution in [0.1, 0.15) is 41.6 Å². The minimum atomic E-state index is 0.0223. The highest BCUT2D eigenvalue weighted by Crippen LogP contribution is 2.40. The molecular formula is C19H26N4O2. The Balaban J connectivity index is 2.06. The Kier molecular flexibility index (Phi) is 4.81. The molecule has 6 heteroatoms. The molecular weight excluding hydrogens is 316 g/mol. The summed E-state index contributed by atoms with van der Waals surface area (Å²) in [6, 6.07) is 6.27. The third-order valence-corrected chi connectivity index (χ3v) is 4.54. The summed E-state index contributed by atoms with van der Waals surface area (Å²) in [5.74, 6) is 1.77. The molecule has 0 fully saturated rings. The van der Waals surface area contributed by atoms with Crippen molar-refractivity contribution < 1.29 is 9.53 Å². The number of rotatable bonds is 5. The molecule has 1 atom stereocenters. The van der Waals surface area contributed by atoms with E-state index >= 15 is 0 Å². The minimum Gasteiger partial charge on any atom is -0.494 e. The normalized spacial score (nSPS) is 16.7. The Bertz CT molecular complexity index is 795. The summed E-state index contributed by atoms with van der Waals surface area (Å²) in [5.41, 5.74) is 4.35. The van der Waals surface area contributed by atoms with Crippen LogP contribution in [0.25, 0.3) is 0 Å². The fraction of sp³-hybridized carbons (Fsp3) is 0.474. The summed E-state index contributed by atoms with van der Waals surface area (Å²) in [7, 11) is 5.95. The first kappa shape index (κ1) is 17.5. The number of aryl methyl sites for hydroxylation is 2. The Hall–Kier alpha value is -2.34. The number of nitrogens with zero attached hydrogens (tertiary/aromatic N) is 3. The molecule has 1 amide bonds. The molecule has 1 aromatic heterocycles. The minimum absolute atomic E-state index is 0.0223. The number of benzene rings is 1. The lowest BCUT2D eigenvalue weighted by molar-refractivity contribution is -0.116. The fourth-order valence-corrected chi connectivity index (χ4v) is 3.57. The van der Waals surface area contributed by atoms with Crippen molar-refractivity contribution in [1.29, 1.82) is 0 Å². The number of carbonyl (C=O) groups excluding carboxylic acids is 1. The second-order valence-corrected chi connectivity index (χ2v) is 6.81. The van der Waals surface area contributed by atoms with Gasteiger partial charge in [-0.25, -0.2) is 0 Å². The molecule has 1 aromatic carbocycles. The lowest BCUT2D eigenvalue weighted by Crippen LogP contribution is -2.25. The molecule has 0 aliphatic carbocycles. The summed E-state index contributed by atoms with van der Waals surface area (Å²) >= 11 is 0. The van der Waals surface area contributed by atoms with Gasteiger partial charge in [-0.15, -0.1) is 0 Å². The van der Waals surface area contributed by atoms with Gasteiger partial charge in [-0.1, -0.05) is 12.1 Å². The molecule has 1 N–H and O–H groups in total. The topological polar surface area (TPSA) is 59.4 Å². The first-order valence-electron chi connectivity index (χ1n) is 8.64. The molecule has 3 rings (SSSR count). The van der Waals surface area contributed by atoms with Crippen molar-refractivity contribution in [3.05, 3.63) is 40.6 Å². The highest BCUT2D eigenvalue weighted by Gasteiger charge is 2.31. The van der Waals surface area contributed by atoms with Crippen molar-refractivity contribution >= 4 is 11.7 Å². The van der Waals surface area contributed by atoms with Crippen molar-refractivity contribution in [2.45, 2.75) is 32.7 Å². The van der Waals surface area contributed by atoms with Crippen LogP contribution >= 0.6 is 0 Å². The summed E-state index contributed by atoms with van der Waals surface area (Å²) in [5, 5.41) is 7.45. The van der Waals surface area contributed by atoms with Crippen molar-refractivity contribution in [2.75, 3.05) is 26.0 Å². The molecule has 2 aromatic rings. The Morgan fingerprint density at radius 2 is 2.16 bits per heavy atom. The summed E-state index contributed by atoms with van der Waals surface area (Å²) in [6.45, 7) is 5.42. The smallest absolute Gasteiger partial charge is 0.226 e. The molecule has 0 saturated carbocycles. The molecule has 6 nitrogen and oxygen atoms in total. The Morgan fingerprint density at radius 3 is 2.84 bits per heavy atom. The third-order valence-electron chi connectivity index (χ3n) is 4.54. The fourth-order valence-electron chi connectivity index (χ4n) is 3.57. The van der Waals surface area contributed by atoms with Gasteiger partial charge in [0, 0.05) is 37.1 Å². The van der Waals surface area contributed by atoms with Crippen molar-refractivity contribution in [1.82, 2.24) is 14.7 Å². The van der Waals surface area contributed by atoms with Crippen LogP contribution in [0.3, 0.4) is 0 Å². The van der Waals surface area contributed by atoms with Crippen LogP contribution in [0.2, 0.25) is 0 Å². The van der Waals surface area contributed by atoms with E-state index < -0.39 is 0 Å². The van der Waals surface area contributed by atoms with Gasteiger partial charge >= 0.3 is 0 Å². The summed E-state index contributed by atoms with van der Waals surface area (Å²) in [6.07, 6.45) is 0.439. The number of fused-ring (bicyclic) bond motifs is 1. The quantitative estimate of drug-likeness (QED) is 0.907. The Labute approximate surface area is 148 Å². The maximum absolute atomic E-state index is 12.2. The number of nitrogens with one attached hydrogen (secondary N) is 1. The van der Waals surface area contributed by atoms with Crippen LogP contribution in [-0.2, 0) is 18.4 Å². The molecule has 134 valence electrons. The zero-order valence-corrected chi connectivity index (χ0v) is 15.6. The lowest BCUT2D eigenvalue weighted by Gasteiger charge is -2.25. The summed E-state index contributed by atoms with van der Waals surface area (Å²) in [4.78, 5) is 14.3. The molecule has 1 unspecified atom stereocenters. The van der Waals surface area contributed by atoms with Crippen molar-refractivity contribution in [3.63, 3.8) is 0 Å². The number of carbonyl (C=O) groups is 1. The molecule has 1 aliphatic heterocycles. The van der Waals surface area contributed by atoms with Crippen molar-refractivity contribution in [3.8, 4) is 5.75 Å². The molecule has 0 spiro atoms. The standard InChI is InChI=1S/C19H26N4O2/c1-6-25-16-8-7-13(9-14(16)11-22(3)4)15-10-17(24)20-19-18(15)12(2)21-23(19)5/h7-9,15H,6,10-11H2,1-5H3,(H,20,24). The monoisotopic (exact) mass is 342 g/mol. The second kappa shape index (κ2) is 6.88. The van der Waals surface area contributed by atoms with Gasteiger partial charge in [-0.3, -0.25) is 9.48 Å². The molecule has 0 radical (unpaired) electrons. The average molecular weight is 342 g/mol. The van der Waals surface area contributed by atoms with Gasteiger partial charge < -0.3 is 15.0 Å². The number of amides is 1.